The topological polar surface area (TPSA) is 146 Å². The van der Waals surface area contributed by atoms with Crippen molar-refractivity contribution in [1.29, 1.82) is 0 Å². The molecule has 0 aliphatic carbocycles. The first-order valence-corrected chi connectivity index (χ1v) is 7.97. The highest BCUT2D eigenvalue weighted by Crippen LogP contribution is 2.10. The Morgan fingerprint density at radius 3 is 2.57 bits per heavy atom. The maximum atomic E-state index is 12.3. The van der Waals surface area contributed by atoms with Crippen molar-refractivity contribution in [1.82, 2.24) is 24.1 Å². The van der Waals surface area contributed by atoms with Gasteiger partial charge in [-0.1, -0.05) is 0 Å². The summed E-state index contributed by atoms with van der Waals surface area (Å²) in [6.45, 7) is -0.235. The fraction of sp³-hybridized carbons (Fsp3) is 0.188. The Hall–Kier alpha value is -4.09. The number of aromatic nitrogens is 4. The number of carbonyl (C=O) groups is 1. The summed E-state index contributed by atoms with van der Waals surface area (Å²) in [4.78, 5) is 50.4. The van der Waals surface area contributed by atoms with Crippen molar-refractivity contribution in [3.63, 3.8) is 0 Å². The van der Waals surface area contributed by atoms with Crippen molar-refractivity contribution in [2.75, 3.05) is 0 Å². The number of hydrogen-bond donors (Lipinski definition) is 1. The van der Waals surface area contributed by atoms with E-state index in [4.69, 9.17) is 0 Å². The van der Waals surface area contributed by atoms with Crippen LogP contribution in [0.3, 0.4) is 0 Å². The van der Waals surface area contributed by atoms with Gasteiger partial charge in [-0.2, -0.15) is 5.10 Å². The molecule has 1 amide bonds. The molecule has 1 aromatic carbocycles. The molecule has 2 aromatic heterocycles. The van der Waals surface area contributed by atoms with Crippen LogP contribution in [0.25, 0.3) is 11.2 Å². The molecule has 0 atom stereocenters. The van der Waals surface area contributed by atoms with Crippen LogP contribution >= 0.6 is 0 Å². The molecule has 3 aromatic rings. The molecule has 28 heavy (non-hydrogen) atoms. The minimum absolute atomic E-state index is 0.0517. The predicted octanol–water partition coefficient (Wildman–Crippen LogP) is -0.508. The van der Waals surface area contributed by atoms with Crippen molar-refractivity contribution in [2.24, 2.45) is 19.2 Å². The van der Waals surface area contributed by atoms with Gasteiger partial charge in [0.2, 0.25) is 0 Å². The number of nitro groups is 1. The quantitative estimate of drug-likeness (QED) is 0.356. The maximum Gasteiger partial charge on any atom is 0.332 e. The largest absolute Gasteiger partial charge is 0.332 e. The van der Waals surface area contributed by atoms with E-state index in [2.05, 4.69) is 15.5 Å². The van der Waals surface area contributed by atoms with E-state index >= 15 is 0 Å². The van der Waals surface area contributed by atoms with Gasteiger partial charge in [0.25, 0.3) is 17.2 Å². The van der Waals surface area contributed by atoms with Gasteiger partial charge in [0.05, 0.1) is 17.5 Å². The number of fused-ring (bicyclic) bond motifs is 1. The number of hydrogen-bond acceptors (Lipinski definition) is 7. The SMILES string of the molecule is Cn1c(=O)c2c(ncn2CC(=O)NN=Cc2ccc([N+](=O)[O-])cc2)n(C)c1=O. The third-order valence-electron chi connectivity index (χ3n) is 4.04. The summed E-state index contributed by atoms with van der Waals surface area (Å²) in [5.41, 5.74) is 2.04. The lowest BCUT2D eigenvalue weighted by Crippen LogP contribution is -2.38. The molecule has 0 bridgehead atoms. The zero-order valence-corrected chi connectivity index (χ0v) is 14.9. The van der Waals surface area contributed by atoms with Crippen LogP contribution in [0.5, 0.6) is 0 Å². The standard InChI is InChI=1S/C16H15N7O5/c1-20-14-13(15(25)21(2)16(20)26)22(9-17-14)8-12(24)19-18-7-10-3-5-11(6-4-10)23(27)28/h3-7,9H,8H2,1-2H3,(H,19,24). The van der Waals surface area contributed by atoms with Gasteiger partial charge >= 0.3 is 5.69 Å². The third kappa shape index (κ3) is 3.42. The molecule has 1 N–H and O–H groups in total. The van der Waals surface area contributed by atoms with Gasteiger partial charge in [-0.15, -0.1) is 0 Å². The van der Waals surface area contributed by atoms with Gasteiger partial charge < -0.3 is 4.57 Å². The van der Waals surface area contributed by atoms with E-state index < -0.39 is 22.1 Å². The maximum absolute atomic E-state index is 12.3. The zero-order valence-electron chi connectivity index (χ0n) is 14.9. The van der Waals surface area contributed by atoms with E-state index in [1.807, 2.05) is 0 Å². The number of benzene rings is 1. The van der Waals surface area contributed by atoms with Crippen LogP contribution < -0.4 is 16.7 Å². The number of rotatable bonds is 5. The van der Waals surface area contributed by atoms with Crippen LogP contribution in [-0.2, 0) is 25.4 Å². The molecular formula is C16H15N7O5. The third-order valence-corrected chi connectivity index (χ3v) is 4.04. The monoisotopic (exact) mass is 385 g/mol. The second-order valence-corrected chi connectivity index (χ2v) is 5.89. The van der Waals surface area contributed by atoms with Crippen molar-refractivity contribution in [2.45, 2.75) is 6.54 Å². The number of nitrogens with one attached hydrogen (secondary N) is 1. The lowest BCUT2D eigenvalue weighted by Gasteiger charge is -2.05. The van der Waals surface area contributed by atoms with Gasteiger partial charge in [0.1, 0.15) is 6.54 Å². The van der Waals surface area contributed by atoms with E-state index in [0.717, 1.165) is 4.57 Å². The van der Waals surface area contributed by atoms with Gasteiger partial charge in [-0.25, -0.2) is 15.2 Å². The fourth-order valence-electron chi connectivity index (χ4n) is 2.57. The van der Waals surface area contributed by atoms with E-state index in [1.165, 1.54) is 60.0 Å². The van der Waals surface area contributed by atoms with E-state index in [-0.39, 0.29) is 23.4 Å². The molecule has 0 aliphatic heterocycles. The number of nitro benzene ring substituents is 1. The highest BCUT2D eigenvalue weighted by molar-refractivity contribution is 5.83. The number of imidazole rings is 1. The highest BCUT2D eigenvalue weighted by atomic mass is 16.6. The van der Waals surface area contributed by atoms with Gasteiger partial charge in [0, 0.05) is 26.2 Å². The minimum Gasteiger partial charge on any atom is -0.315 e. The first-order valence-electron chi connectivity index (χ1n) is 7.97. The Balaban J connectivity index is 1.74. The highest BCUT2D eigenvalue weighted by Gasteiger charge is 2.15. The van der Waals surface area contributed by atoms with Crippen molar-refractivity contribution >= 4 is 29.0 Å². The minimum atomic E-state index is -0.558. The smallest absolute Gasteiger partial charge is 0.315 e. The molecule has 2 heterocycles. The molecule has 0 saturated carbocycles. The summed E-state index contributed by atoms with van der Waals surface area (Å²) in [7, 11) is 2.83. The number of nitrogens with zero attached hydrogens (tertiary/aromatic N) is 6. The number of carbonyl (C=O) groups excluding carboxylic acids is 1. The van der Waals surface area contributed by atoms with Gasteiger partial charge in [0.15, 0.2) is 11.2 Å². The lowest BCUT2D eigenvalue weighted by atomic mass is 10.2. The molecule has 0 aliphatic rings. The van der Waals surface area contributed by atoms with Crippen LogP contribution in [0.15, 0.2) is 45.3 Å². The Morgan fingerprint density at radius 2 is 1.93 bits per heavy atom. The first-order chi connectivity index (χ1) is 13.3. The molecule has 0 unspecified atom stereocenters. The molecule has 144 valence electrons. The van der Waals surface area contributed by atoms with Crippen molar-refractivity contribution in [3.05, 3.63) is 67.1 Å². The van der Waals surface area contributed by atoms with Crippen molar-refractivity contribution < 1.29 is 9.72 Å². The van der Waals surface area contributed by atoms with E-state index in [9.17, 15) is 24.5 Å². The summed E-state index contributed by atoms with van der Waals surface area (Å²) < 4.78 is 3.48. The molecule has 0 saturated heterocycles. The summed E-state index contributed by atoms with van der Waals surface area (Å²) in [6.07, 6.45) is 2.63. The van der Waals surface area contributed by atoms with Crippen LogP contribution in [0.2, 0.25) is 0 Å². The van der Waals surface area contributed by atoms with Gasteiger partial charge in [-0.05, 0) is 17.7 Å². The van der Waals surface area contributed by atoms with Crippen LogP contribution in [0, 0.1) is 10.1 Å². The second kappa shape index (κ2) is 7.26. The van der Waals surface area contributed by atoms with Gasteiger partial charge in [-0.3, -0.25) is 28.8 Å². The average Bonchev–Trinajstić information content (AvgIpc) is 3.08. The average molecular weight is 385 g/mol. The fourth-order valence-corrected chi connectivity index (χ4v) is 2.57. The molecule has 3 rings (SSSR count). The van der Waals surface area contributed by atoms with Crippen LogP contribution in [0.4, 0.5) is 5.69 Å². The molecular weight excluding hydrogens is 370 g/mol. The molecule has 0 spiro atoms. The summed E-state index contributed by atoms with van der Waals surface area (Å²) >= 11 is 0. The summed E-state index contributed by atoms with van der Waals surface area (Å²) in [6, 6.07) is 5.62. The predicted molar refractivity (Wildman–Crippen MR) is 99.0 cm³/mol. The Kier molecular flexibility index (Phi) is 4.85. The number of non-ortho nitro benzene ring substituents is 1. The number of hydrazone groups is 1. The molecule has 0 fully saturated rings. The summed E-state index contributed by atoms with van der Waals surface area (Å²) in [5, 5.41) is 14.4. The Morgan fingerprint density at radius 1 is 1.25 bits per heavy atom. The Labute approximate surface area is 156 Å². The second-order valence-electron chi connectivity index (χ2n) is 5.89. The molecule has 12 nitrogen and oxygen atoms in total. The normalized spacial score (nSPS) is 11.2. The van der Waals surface area contributed by atoms with Crippen LogP contribution in [-0.4, -0.2) is 35.7 Å². The lowest BCUT2D eigenvalue weighted by molar-refractivity contribution is -0.384. The van der Waals surface area contributed by atoms with E-state index in [0.29, 0.717) is 5.56 Å². The number of aryl methyl sites for hydroxylation is 1. The summed E-state index contributed by atoms with van der Waals surface area (Å²) in [5.74, 6) is -0.520. The number of amides is 1. The molecule has 12 heteroatoms. The van der Waals surface area contributed by atoms with Crippen molar-refractivity contribution in [3.8, 4) is 0 Å². The molecule has 0 radical (unpaired) electrons. The van der Waals surface area contributed by atoms with Crippen LogP contribution in [0.1, 0.15) is 5.56 Å². The first kappa shape index (κ1) is 18.7. The Bertz CT molecular complexity index is 1220. The zero-order chi connectivity index (χ0) is 20.4. The van der Waals surface area contributed by atoms with E-state index in [1.54, 1.807) is 0 Å².